The van der Waals surface area contributed by atoms with E-state index in [1.165, 1.54) is 0 Å². The van der Waals surface area contributed by atoms with Crippen LogP contribution in [0.1, 0.15) is 37.7 Å². The lowest BCUT2D eigenvalue weighted by Gasteiger charge is -2.09. The normalized spacial score (nSPS) is 10.5. The zero-order valence-electron chi connectivity index (χ0n) is 14.3. The van der Waals surface area contributed by atoms with Gasteiger partial charge >= 0.3 is 5.97 Å². The molecular formula is C19H22N2O3. The van der Waals surface area contributed by atoms with Crippen molar-refractivity contribution in [3.63, 3.8) is 0 Å². The van der Waals surface area contributed by atoms with Gasteiger partial charge in [0, 0.05) is 29.2 Å². The largest absolute Gasteiger partial charge is 0.454 e. The van der Waals surface area contributed by atoms with Crippen LogP contribution in [0.15, 0.2) is 36.9 Å². The molecule has 0 amide bonds. The monoisotopic (exact) mass is 326 g/mol. The van der Waals surface area contributed by atoms with E-state index in [0.29, 0.717) is 17.8 Å². The maximum atomic E-state index is 12.4. The van der Waals surface area contributed by atoms with Crippen molar-refractivity contribution < 1.29 is 14.3 Å². The lowest BCUT2D eigenvalue weighted by molar-refractivity contribution is 0.0475. The van der Waals surface area contributed by atoms with E-state index in [-0.39, 0.29) is 18.0 Å². The van der Waals surface area contributed by atoms with Gasteiger partial charge in [-0.05, 0) is 38.5 Å². The highest BCUT2D eigenvalue weighted by Crippen LogP contribution is 2.19. The number of hydrogen-bond donors (Lipinski definition) is 1. The highest BCUT2D eigenvalue weighted by molar-refractivity contribution is 6.01. The van der Waals surface area contributed by atoms with Crippen molar-refractivity contribution in [3.05, 3.63) is 65.0 Å². The van der Waals surface area contributed by atoms with Crippen LogP contribution in [-0.2, 0) is 11.3 Å². The zero-order chi connectivity index (χ0) is 17.9. The van der Waals surface area contributed by atoms with Crippen molar-refractivity contribution in [2.75, 3.05) is 12.3 Å². The molecule has 0 saturated heterocycles. The molecule has 0 fully saturated rings. The van der Waals surface area contributed by atoms with Gasteiger partial charge in [-0.2, -0.15) is 0 Å². The Morgan fingerprint density at radius 3 is 2.62 bits per heavy atom. The van der Waals surface area contributed by atoms with Crippen molar-refractivity contribution in [1.82, 2.24) is 4.57 Å². The number of hydrogen-bond acceptors (Lipinski definition) is 4. The average Bonchev–Trinajstić information content (AvgIpc) is 2.83. The maximum absolute atomic E-state index is 12.4. The molecule has 1 heterocycles. The molecule has 24 heavy (non-hydrogen) atoms. The molecule has 0 bridgehead atoms. The van der Waals surface area contributed by atoms with Crippen LogP contribution in [0.3, 0.4) is 0 Å². The summed E-state index contributed by atoms with van der Waals surface area (Å²) in [7, 11) is 0. The molecule has 126 valence electrons. The lowest BCUT2D eigenvalue weighted by Crippen LogP contribution is -2.16. The van der Waals surface area contributed by atoms with Crippen LogP contribution in [0.25, 0.3) is 0 Å². The van der Waals surface area contributed by atoms with Crippen LogP contribution >= 0.6 is 0 Å². The smallest absolute Gasteiger partial charge is 0.340 e. The highest BCUT2D eigenvalue weighted by Gasteiger charge is 2.18. The van der Waals surface area contributed by atoms with Crippen LogP contribution in [0.5, 0.6) is 0 Å². The molecule has 0 atom stereocenters. The molecule has 0 aliphatic carbocycles. The third-order valence-electron chi connectivity index (χ3n) is 4.06. The number of nitrogen functional groups attached to an aromatic ring is 1. The van der Waals surface area contributed by atoms with Gasteiger partial charge in [0.25, 0.3) is 0 Å². The summed E-state index contributed by atoms with van der Waals surface area (Å²) in [5.74, 6) is -0.831. The second kappa shape index (κ2) is 7.17. The Hall–Kier alpha value is -2.82. The molecule has 2 N–H and O–H groups in total. The Labute approximate surface area is 141 Å². The van der Waals surface area contributed by atoms with E-state index < -0.39 is 5.97 Å². The Kier molecular flexibility index (Phi) is 5.24. The number of aromatic nitrogens is 1. The second-order valence-corrected chi connectivity index (χ2v) is 5.72. The number of rotatable bonds is 6. The van der Waals surface area contributed by atoms with Gasteiger partial charge in [0.15, 0.2) is 6.61 Å². The predicted octanol–water partition coefficient (Wildman–Crippen LogP) is 3.22. The number of ketones is 1. The number of ether oxygens (including phenoxy) is 1. The van der Waals surface area contributed by atoms with Crippen LogP contribution in [0.4, 0.5) is 5.69 Å². The molecule has 2 aromatic rings. The van der Waals surface area contributed by atoms with E-state index in [0.717, 1.165) is 17.0 Å². The van der Waals surface area contributed by atoms with Crippen LogP contribution in [-0.4, -0.2) is 22.9 Å². The zero-order valence-corrected chi connectivity index (χ0v) is 14.3. The lowest BCUT2D eigenvalue weighted by atomic mass is 10.1. The van der Waals surface area contributed by atoms with E-state index in [1.54, 1.807) is 24.3 Å². The molecule has 0 aliphatic heterocycles. The van der Waals surface area contributed by atoms with E-state index >= 15 is 0 Å². The first-order chi connectivity index (χ1) is 11.4. The third-order valence-corrected chi connectivity index (χ3v) is 4.06. The maximum Gasteiger partial charge on any atom is 0.340 e. The summed E-state index contributed by atoms with van der Waals surface area (Å²) < 4.78 is 7.13. The minimum atomic E-state index is -0.593. The number of Topliss-reactive ketones (excluding diaryl/α,β-unsaturated/α-hetero) is 1. The van der Waals surface area contributed by atoms with E-state index in [4.69, 9.17) is 10.5 Å². The molecule has 1 aromatic carbocycles. The van der Waals surface area contributed by atoms with Crippen LogP contribution < -0.4 is 5.73 Å². The second-order valence-electron chi connectivity index (χ2n) is 5.72. The predicted molar refractivity (Wildman–Crippen MR) is 94.3 cm³/mol. The molecule has 0 unspecified atom stereocenters. The third kappa shape index (κ3) is 3.40. The number of esters is 1. The number of nitrogens with two attached hydrogens (primary N) is 1. The van der Waals surface area contributed by atoms with E-state index in [1.807, 2.05) is 31.4 Å². The number of allylic oxidation sites excluding steroid dienone is 1. The quantitative estimate of drug-likeness (QED) is 0.383. The summed E-state index contributed by atoms with van der Waals surface area (Å²) in [6.07, 6.45) is 1.77. The molecule has 0 spiro atoms. The minimum absolute atomic E-state index is 0.238. The fourth-order valence-corrected chi connectivity index (χ4v) is 2.64. The van der Waals surface area contributed by atoms with Gasteiger partial charge in [0.1, 0.15) is 0 Å². The standard InChI is InChI=1S/C19H22N2O3/c1-5-9-21-13(3)10-16(14(21)4)17(22)11-24-19(23)15-8-6-7-12(2)18(15)20/h5-8,10H,1,9,11,20H2,2-4H3. The molecule has 2 rings (SSSR count). The molecule has 1 aromatic heterocycles. The number of aryl methyl sites for hydroxylation is 2. The summed E-state index contributed by atoms with van der Waals surface area (Å²) in [5.41, 5.74) is 9.68. The topological polar surface area (TPSA) is 74.3 Å². The number of benzene rings is 1. The van der Waals surface area contributed by atoms with Crippen molar-refractivity contribution in [1.29, 1.82) is 0 Å². The Bertz CT molecular complexity index is 803. The number of para-hydroxylation sites is 1. The van der Waals surface area contributed by atoms with Crippen molar-refractivity contribution >= 4 is 17.4 Å². The fraction of sp³-hybridized carbons (Fsp3) is 0.263. The van der Waals surface area contributed by atoms with Gasteiger partial charge in [0.05, 0.1) is 5.56 Å². The van der Waals surface area contributed by atoms with Gasteiger partial charge < -0.3 is 15.0 Å². The summed E-state index contributed by atoms with van der Waals surface area (Å²) in [4.78, 5) is 24.5. The highest BCUT2D eigenvalue weighted by atomic mass is 16.5. The minimum Gasteiger partial charge on any atom is -0.454 e. The van der Waals surface area contributed by atoms with Crippen LogP contribution in [0, 0.1) is 20.8 Å². The number of carbonyl (C=O) groups is 2. The first kappa shape index (κ1) is 17.5. The Balaban J connectivity index is 2.11. The Morgan fingerprint density at radius 2 is 1.96 bits per heavy atom. The van der Waals surface area contributed by atoms with Crippen molar-refractivity contribution in [3.8, 4) is 0 Å². The van der Waals surface area contributed by atoms with Gasteiger partial charge in [0.2, 0.25) is 5.78 Å². The van der Waals surface area contributed by atoms with Gasteiger partial charge in [-0.15, -0.1) is 6.58 Å². The number of carbonyl (C=O) groups excluding carboxylic acids is 2. The average molecular weight is 326 g/mol. The first-order valence-corrected chi connectivity index (χ1v) is 7.69. The fourth-order valence-electron chi connectivity index (χ4n) is 2.64. The molecule has 0 aliphatic rings. The first-order valence-electron chi connectivity index (χ1n) is 7.69. The van der Waals surface area contributed by atoms with Crippen molar-refractivity contribution in [2.24, 2.45) is 0 Å². The molecule has 0 radical (unpaired) electrons. The van der Waals surface area contributed by atoms with Gasteiger partial charge in [-0.25, -0.2) is 4.79 Å². The molecular weight excluding hydrogens is 304 g/mol. The van der Waals surface area contributed by atoms with Crippen LogP contribution in [0.2, 0.25) is 0 Å². The molecule has 5 heteroatoms. The summed E-state index contributed by atoms with van der Waals surface area (Å²) >= 11 is 0. The summed E-state index contributed by atoms with van der Waals surface area (Å²) in [6, 6.07) is 6.93. The summed E-state index contributed by atoms with van der Waals surface area (Å²) in [6.45, 7) is 9.63. The van der Waals surface area contributed by atoms with Crippen molar-refractivity contribution in [2.45, 2.75) is 27.3 Å². The van der Waals surface area contributed by atoms with Gasteiger partial charge in [-0.3, -0.25) is 4.79 Å². The number of nitrogens with zero attached hydrogens (tertiary/aromatic N) is 1. The van der Waals surface area contributed by atoms with E-state index in [9.17, 15) is 9.59 Å². The van der Waals surface area contributed by atoms with Gasteiger partial charge in [-0.1, -0.05) is 18.2 Å². The Morgan fingerprint density at radius 1 is 1.25 bits per heavy atom. The van der Waals surface area contributed by atoms with E-state index in [2.05, 4.69) is 6.58 Å². The molecule has 5 nitrogen and oxygen atoms in total. The SMILES string of the molecule is C=CCn1c(C)cc(C(=O)COC(=O)c2cccc(C)c2N)c1C. The number of anilines is 1. The molecule has 0 saturated carbocycles. The summed E-state index contributed by atoms with van der Waals surface area (Å²) in [5, 5.41) is 0.